The lowest BCUT2D eigenvalue weighted by Crippen LogP contribution is -2.13. The Morgan fingerprint density at radius 2 is 1.86 bits per heavy atom. The van der Waals surface area contributed by atoms with Crippen LogP contribution >= 0.6 is 0 Å². The second kappa shape index (κ2) is 5.17. The van der Waals surface area contributed by atoms with Gasteiger partial charge in [0, 0.05) is 18.3 Å². The zero-order valence-corrected chi connectivity index (χ0v) is 12.2. The van der Waals surface area contributed by atoms with E-state index in [0.717, 1.165) is 5.82 Å². The molecular formula is C14H14N4O2S. The Hall–Kier alpha value is -2.41. The lowest BCUT2D eigenvalue weighted by atomic mass is 10.3. The number of aromatic nitrogens is 3. The fourth-order valence-corrected chi connectivity index (χ4v) is 3.09. The van der Waals surface area contributed by atoms with Crippen molar-refractivity contribution in [2.45, 2.75) is 18.2 Å². The van der Waals surface area contributed by atoms with Gasteiger partial charge < -0.3 is 0 Å². The molecule has 0 atom stereocenters. The SMILES string of the molecule is CCc1nnc2ccc(S(=O)(=O)Nc3ccccc3)cn12. The van der Waals surface area contributed by atoms with E-state index >= 15 is 0 Å². The molecule has 2 heterocycles. The lowest BCUT2D eigenvalue weighted by molar-refractivity contribution is 0.600. The normalized spacial score (nSPS) is 11.7. The summed E-state index contributed by atoms with van der Waals surface area (Å²) in [7, 11) is -3.63. The molecule has 0 spiro atoms. The molecule has 1 aromatic carbocycles. The van der Waals surface area contributed by atoms with Gasteiger partial charge in [0.15, 0.2) is 5.65 Å². The van der Waals surface area contributed by atoms with Gasteiger partial charge in [-0.1, -0.05) is 25.1 Å². The van der Waals surface area contributed by atoms with Crippen LogP contribution in [-0.2, 0) is 16.4 Å². The molecule has 6 nitrogen and oxygen atoms in total. The number of benzene rings is 1. The van der Waals surface area contributed by atoms with E-state index in [1.807, 2.05) is 13.0 Å². The fourth-order valence-electron chi connectivity index (χ4n) is 2.04. The molecule has 3 rings (SSSR count). The molecular weight excluding hydrogens is 288 g/mol. The van der Waals surface area contributed by atoms with Crippen LogP contribution in [0.25, 0.3) is 5.65 Å². The molecule has 7 heteroatoms. The predicted molar refractivity (Wildman–Crippen MR) is 79.6 cm³/mol. The Labute approximate surface area is 122 Å². The summed E-state index contributed by atoms with van der Waals surface area (Å²) in [4.78, 5) is 0.174. The molecule has 108 valence electrons. The number of anilines is 1. The van der Waals surface area contributed by atoms with Crippen molar-refractivity contribution in [2.24, 2.45) is 0 Å². The van der Waals surface area contributed by atoms with Gasteiger partial charge in [0.25, 0.3) is 10.0 Å². The minimum absolute atomic E-state index is 0.174. The highest BCUT2D eigenvalue weighted by atomic mass is 32.2. The van der Waals surface area contributed by atoms with Crippen LogP contribution in [0.2, 0.25) is 0 Å². The number of para-hydroxylation sites is 1. The van der Waals surface area contributed by atoms with E-state index in [0.29, 0.717) is 17.8 Å². The number of fused-ring (bicyclic) bond motifs is 1. The average Bonchev–Trinajstić information content (AvgIpc) is 2.90. The van der Waals surface area contributed by atoms with Gasteiger partial charge >= 0.3 is 0 Å². The number of pyridine rings is 1. The summed E-state index contributed by atoms with van der Waals surface area (Å²) in [5.74, 6) is 0.724. The van der Waals surface area contributed by atoms with Crippen LogP contribution in [0.5, 0.6) is 0 Å². The van der Waals surface area contributed by atoms with Crippen LogP contribution in [-0.4, -0.2) is 23.0 Å². The largest absolute Gasteiger partial charge is 0.285 e. The van der Waals surface area contributed by atoms with Gasteiger partial charge in [0.1, 0.15) is 10.7 Å². The molecule has 0 bridgehead atoms. The molecule has 21 heavy (non-hydrogen) atoms. The molecule has 0 aliphatic carbocycles. The Kier molecular flexibility index (Phi) is 3.34. The summed E-state index contributed by atoms with van der Waals surface area (Å²) in [6.07, 6.45) is 2.22. The Morgan fingerprint density at radius 1 is 1.10 bits per heavy atom. The van der Waals surface area contributed by atoms with Crippen molar-refractivity contribution < 1.29 is 8.42 Å². The van der Waals surface area contributed by atoms with Crippen molar-refractivity contribution in [1.29, 1.82) is 0 Å². The number of nitrogens with zero attached hydrogens (tertiary/aromatic N) is 3. The van der Waals surface area contributed by atoms with Crippen molar-refractivity contribution in [3.63, 3.8) is 0 Å². The number of nitrogens with one attached hydrogen (secondary N) is 1. The summed E-state index contributed by atoms with van der Waals surface area (Å²) < 4.78 is 29.0. The monoisotopic (exact) mass is 302 g/mol. The maximum atomic E-state index is 12.4. The summed E-state index contributed by atoms with van der Waals surface area (Å²) in [6, 6.07) is 11.9. The fraction of sp³-hybridized carbons (Fsp3) is 0.143. The number of rotatable bonds is 4. The number of aryl methyl sites for hydroxylation is 1. The standard InChI is InChI=1S/C14H14N4O2S/c1-2-13-15-16-14-9-8-12(10-18(13)14)21(19,20)17-11-6-4-3-5-7-11/h3-10,17H,2H2,1H3. The molecule has 0 unspecified atom stereocenters. The lowest BCUT2D eigenvalue weighted by Gasteiger charge is -2.08. The zero-order valence-electron chi connectivity index (χ0n) is 11.4. The van der Waals surface area contributed by atoms with Crippen LogP contribution in [0.3, 0.4) is 0 Å². The molecule has 0 saturated heterocycles. The topological polar surface area (TPSA) is 76.4 Å². The Balaban J connectivity index is 2.02. The third-order valence-electron chi connectivity index (χ3n) is 3.10. The van der Waals surface area contributed by atoms with Crippen molar-refractivity contribution in [1.82, 2.24) is 14.6 Å². The van der Waals surface area contributed by atoms with Crippen LogP contribution in [0.4, 0.5) is 5.69 Å². The summed E-state index contributed by atoms with van der Waals surface area (Å²) >= 11 is 0. The first-order valence-corrected chi connectivity index (χ1v) is 8.00. The van der Waals surface area contributed by atoms with E-state index in [9.17, 15) is 8.42 Å². The Morgan fingerprint density at radius 3 is 2.57 bits per heavy atom. The average molecular weight is 302 g/mol. The second-order valence-corrected chi connectivity index (χ2v) is 6.22. The van der Waals surface area contributed by atoms with E-state index in [1.54, 1.807) is 40.9 Å². The van der Waals surface area contributed by atoms with E-state index in [1.165, 1.54) is 6.07 Å². The zero-order chi connectivity index (χ0) is 14.9. The van der Waals surface area contributed by atoms with Crippen molar-refractivity contribution in [3.8, 4) is 0 Å². The molecule has 0 amide bonds. The van der Waals surface area contributed by atoms with Gasteiger partial charge in [-0.05, 0) is 24.3 Å². The number of hydrogen-bond acceptors (Lipinski definition) is 4. The molecule has 0 radical (unpaired) electrons. The van der Waals surface area contributed by atoms with Gasteiger partial charge in [0.2, 0.25) is 0 Å². The van der Waals surface area contributed by atoms with Gasteiger partial charge in [-0.25, -0.2) is 8.42 Å². The third-order valence-corrected chi connectivity index (χ3v) is 4.46. The van der Waals surface area contributed by atoms with E-state index in [-0.39, 0.29) is 4.90 Å². The molecule has 0 aliphatic heterocycles. The quantitative estimate of drug-likeness (QED) is 0.800. The molecule has 1 N–H and O–H groups in total. The van der Waals surface area contributed by atoms with Crippen molar-refractivity contribution in [2.75, 3.05) is 4.72 Å². The Bertz CT molecular complexity index is 872. The highest BCUT2D eigenvalue weighted by Crippen LogP contribution is 2.17. The molecule has 2 aromatic heterocycles. The molecule has 0 aliphatic rings. The first-order chi connectivity index (χ1) is 10.1. The van der Waals surface area contributed by atoms with Crippen LogP contribution < -0.4 is 4.72 Å². The summed E-state index contributed by atoms with van der Waals surface area (Å²) in [6.45, 7) is 1.94. The predicted octanol–water partition coefficient (Wildman–Crippen LogP) is 2.09. The van der Waals surface area contributed by atoms with Crippen molar-refractivity contribution >= 4 is 21.4 Å². The molecule has 0 saturated carbocycles. The minimum Gasteiger partial charge on any atom is -0.285 e. The highest BCUT2D eigenvalue weighted by Gasteiger charge is 2.16. The summed E-state index contributed by atoms with van der Waals surface area (Å²) in [5.41, 5.74) is 1.16. The second-order valence-electron chi connectivity index (χ2n) is 4.53. The molecule has 0 fully saturated rings. The van der Waals surface area contributed by atoms with E-state index in [4.69, 9.17) is 0 Å². The van der Waals surface area contributed by atoms with Crippen LogP contribution in [0.1, 0.15) is 12.7 Å². The third kappa shape index (κ3) is 2.59. The number of sulfonamides is 1. The summed E-state index contributed by atoms with van der Waals surface area (Å²) in [5, 5.41) is 8.01. The van der Waals surface area contributed by atoms with E-state index in [2.05, 4.69) is 14.9 Å². The smallest absolute Gasteiger partial charge is 0.263 e. The first-order valence-electron chi connectivity index (χ1n) is 6.51. The number of hydrogen-bond donors (Lipinski definition) is 1. The van der Waals surface area contributed by atoms with Crippen LogP contribution in [0, 0.1) is 0 Å². The first kappa shape index (κ1) is 13.6. The van der Waals surface area contributed by atoms with Crippen molar-refractivity contribution in [3.05, 3.63) is 54.5 Å². The minimum atomic E-state index is -3.63. The van der Waals surface area contributed by atoms with E-state index < -0.39 is 10.0 Å². The maximum Gasteiger partial charge on any atom is 0.263 e. The molecule has 3 aromatic rings. The highest BCUT2D eigenvalue weighted by molar-refractivity contribution is 7.92. The van der Waals surface area contributed by atoms with Gasteiger partial charge in [0.05, 0.1) is 0 Å². The van der Waals surface area contributed by atoms with Gasteiger partial charge in [-0.2, -0.15) is 0 Å². The van der Waals surface area contributed by atoms with Gasteiger partial charge in [-0.15, -0.1) is 10.2 Å². The maximum absolute atomic E-state index is 12.4. The van der Waals surface area contributed by atoms with Gasteiger partial charge in [-0.3, -0.25) is 9.12 Å². The van der Waals surface area contributed by atoms with Crippen LogP contribution in [0.15, 0.2) is 53.6 Å².